The Balaban J connectivity index is 5.25. The number of allylic oxidation sites excluding steroid dienone is 11. The molecule has 10 heteroatoms. The van der Waals surface area contributed by atoms with Crippen molar-refractivity contribution in [1.29, 1.82) is 0 Å². The van der Waals surface area contributed by atoms with E-state index in [0.29, 0.717) is 17.4 Å². The summed E-state index contributed by atoms with van der Waals surface area (Å²) in [6.07, 6.45) is 66.1. The predicted molar refractivity (Wildman–Crippen MR) is 309 cm³/mol. The van der Waals surface area contributed by atoms with Crippen molar-refractivity contribution < 1.29 is 37.3 Å². The third-order valence-electron chi connectivity index (χ3n) is 12.9. The highest BCUT2D eigenvalue weighted by molar-refractivity contribution is 7.47. The smallest absolute Gasteiger partial charge is 0.456 e. The van der Waals surface area contributed by atoms with E-state index in [0.717, 1.165) is 109 Å². The first-order valence-electron chi connectivity index (χ1n) is 29.8. The van der Waals surface area contributed by atoms with Crippen LogP contribution < -0.4 is 5.32 Å². The van der Waals surface area contributed by atoms with Gasteiger partial charge in [-0.25, -0.2) is 4.57 Å². The van der Waals surface area contributed by atoms with E-state index in [2.05, 4.69) is 86.8 Å². The summed E-state index contributed by atoms with van der Waals surface area (Å²) in [4.78, 5) is 37.6. The minimum absolute atomic E-state index is 0.0349. The molecule has 1 amide bonds. The van der Waals surface area contributed by atoms with Gasteiger partial charge in [0, 0.05) is 12.8 Å². The second-order valence-corrected chi connectivity index (χ2v) is 22.6. The molecule has 0 fully saturated rings. The second-order valence-electron chi connectivity index (χ2n) is 21.1. The quantitative estimate of drug-likeness (QED) is 0.0205. The van der Waals surface area contributed by atoms with Crippen LogP contribution >= 0.6 is 7.82 Å². The number of hydrogen-bond acceptors (Lipinski definition) is 6. The molecule has 0 aromatic carbocycles. The Morgan fingerprint density at radius 3 is 1.36 bits per heavy atom. The van der Waals surface area contributed by atoms with Crippen LogP contribution in [0.3, 0.4) is 0 Å². The third-order valence-corrected chi connectivity index (χ3v) is 13.9. The molecule has 3 atom stereocenters. The highest BCUT2D eigenvalue weighted by Crippen LogP contribution is 2.43. The average molecular weight is 1030 g/mol. The Kier molecular flexibility index (Phi) is 50.1. The van der Waals surface area contributed by atoms with Crippen LogP contribution in [0, 0.1) is 0 Å². The summed E-state index contributed by atoms with van der Waals surface area (Å²) in [6.45, 7) is 6.86. The summed E-state index contributed by atoms with van der Waals surface area (Å²) < 4.78 is 30.6. The summed E-state index contributed by atoms with van der Waals surface area (Å²) in [5.41, 5.74) is 0. The van der Waals surface area contributed by atoms with Crippen LogP contribution in [-0.4, -0.2) is 74.3 Å². The maximum Gasteiger partial charge on any atom is 0.472 e. The lowest BCUT2D eigenvalue weighted by Crippen LogP contribution is -2.47. The summed E-state index contributed by atoms with van der Waals surface area (Å²) in [5.74, 6) is -0.524. The van der Waals surface area contributed by atoms with E-state index in [-0.39, 0.29) is 31.5 Å². The number of rotatable bonds is 53. The molecule has 0 heterocycles. The molecule has 0 saturated carbocycles. The van der Waals surface area contributed by atoms with Gasteiger partial charge in [0.15, 0.2) is 0 Å². The summed E-state index contributed by atoms with van der Waals surface area (Å²) in [7, 11) is 1.48. The first kappa shape index (κ1) is 69.5. The lowest BCUT2D eigenvalue weighted by atomic mass is 10.0. The van der Waals surface area contributed by atoms with E-state index in [9.17, 15) is 19.0 Å². The molecule has 0 aliphatic heterocycles. The zero-order chi connectivity index (χ0) is 52.9. The largest absolute Gasteiger partial charge is 0.472 e. The SMILES string of the molecule is CC/C=C/C/C=C/CCCCCCCCCC(=O)OC(/C=C\CCCCCCCCCCC)C(COP(=O)(O)OCC[N+](C)(C)C)NC(=O)CCCCCCCCCC/C=C\C/C=C\C/C=C\CCCCC. The molecule has 418 valence electrons. The molecule has 0 bridgehead atoms. The van der Waals surface area contributed by atoms with Crippen molar-refractivity contribution in [1.82, 2.24) is 5.32 Å². The van der Waals surface area contributed by atoms with Crippen molar-refractivity contribution in [3.8, 4) is 0 Å². The van der Waals surface area contributed by atoms with Gasteiger partial charge in [0.25, 0.3) is 0 Å². The van der Waals surface area contributed by atoms with Gasteiger partial charge in [-0.3, -0.25) is 18.6 Å². The number of hydrogen-bond donors (Lipinski definition) is 2. The fourth-order valence-electron chi connectivity index (χ4n) is 8.28. The molecular formula is C62H114N2O7P+. The molecule has 0 aliphatic rings. The number of nitrogens with zero attached hydrogens (tertiary/aromatic N) is 1. The van der Waals surface area contributed by atoms with E-state index in [4.69, 9.17) is 13.8 Å². The van der Waals surface area contributed by atoms with E-state index in [1.165, 1.54) is 116 Å². The number of quaternary nitrogens is 1. The van der Waals surface area contributed by atoms with Gasteiger partial charge in [0.1, 0.15) is 19.3 Å². The molecule has 3 unspecified atom stereocenters. The van der Waals surface area contributed by atoms with Crippen LogP contribution in [0.25, 0.3) is 0 Å². The van der Waals surface area contributed by atoms with Gasteiger partial charge in [-0.15, -0.1) is 0 Å². The van der Waals surface area contributed by atoms with Gasteiger partial charge in [-0.05, 0) is 96.0 Å². The van der Waals surface area contributed by atoms with E-state index >= 15 is 0 Å². The summed E-state index contributed by atoms with van der Waals surface area (Å²) in [6, 6.07) is -0.857. The minimum Gasteiger partial charge on any atom is -0.456 e. The van der Waals surface area contributed by atoms with Crippen molar-refractivity contribution in [2.75, 3.05) is 40.9 Å². The van der Waals surface area contributed by atoms with Gasteiger partial charge in [-0.1, -0.05) is 222 Å². The molecule has 72 heavy (non-hydrogen) atoms. The monoisotopic (exact) mass is 1030 g/mol. The van der Waals surface area contributed by atoms with Crippen LogP contribution in [0.1, 0.15) is 258 Å². The maximum atomic E-state index is 13.5. The van der Waals surface area contributed by atoms with Crippen LogP contribution in [0.4, 0.5) is 0 Å². The van der Waals surface area contributed by atoms with Crippen molar-refractivity contribution in [2.45, 2.75) is 270 Å². The number of phosphoric ester groups is 1. The molecule has 0 rings (SSSR count). The van der Waals surface area contributed by atoms with Gasteiger partial charge < -0.3 is 19.4 Å². The van der Waals surface area contributed by atoms with Crippen molar-refractivity contribution in [3.63, 3.8) is 0 Å². The molecule has 9 nitrogen and oxygen atoms in total. The lowest BCUT2D eigenvalue weighted by molar-refractivity contribution is -0.870. The number of carbonyl (C=O) groups excluding carboxylic acids is 2. The van der Waals surface area contributed by atoms with E-state index < -0.39 is 20.0 Å². The highest BCUT2D eigenvalue weighted by atomic mass is 31.2. The second kappa shape index (κ2) is 51.9. The van der Waals surface area contributed by atoms with Crippen molar-refractivity contribution in [2.24, 2.45) is 0 Å². The molecule has 0 spiro atoms. The zero-order valence-electron chi connectivity index (χ0n) is 47.7. The molecule has 0 saturated heterocycles. The fraction of sp³-hybridized carbons (Fsp3) is 0.774. The van der Waals surface area contributed by atoms with Gasteiger partial charge >= 0.3 is 13.8 Å². The Labute approximate surface area is 444 Å². The summed E-state index contributed by atoms with van der Waals surface area (Å²) in [5, 5.41) is 3.04. The Hall–Kier alpha value is -2.55. The number of carbonyl (C=O) groups is 2. The number of unbranched alkanes of at least 4 members (excludes halogenated alkanes) is 27. The van der Waals surface area contributed by atoms with Crippen LogP contribution in [0.2, 0.25) is 0 Å². The number of ether oxygens (including phenoxy) is 1. The van der Waals surface area contributed by atoms with Crippen LogP contribution in [-0.2, 0) is 27.9 Å². The zero-order valence-corrected chi connectivity index (χ0v) is 48.6. The van der Waals surface area contributed by atoms with Crippen LogP contribution in [0.5, 0.6) is 0 Å². The average Bonchev–Trinajstić information content (AvgIpc) is 3.34. The molecule has 0 aliphatic carbocycles. The number of likely N-dealkylation sites (N-methyl/N-ethyl adjacent to an activating group) is 1. The minimum atomic E-state index is -4.45. The lowest BCUT2D eigenvalue weighted by Gasteiger charge is -2.27. The summed E-state index contributed by atoms with van der Waals surface area (Å²) >= 11 is 0. The number of nitrogens with one attached hydrogen (secondary N) is 1. The maximum absolute atomic E-state index is 13.5. The Bertz CT molecular complexity index is 1460. The van der Waals surface area contributed by atoms with Gasteiger partial charge in [-0.2, -0.15) is 0 Å². The number of esters is 1. The first-order valence-corrected chi connectivity index (χ1v) is 31.3. The van der Waals surface area contributed by atoms with E-state index in [1.54, 1.807) is 0 Å². The van der Waals surface area contributed by atoms with Crippen LogP contribution in [0.15, 0.2) is 72.9 Å². The predicted octanol–water partition coefficient (Wildman–Crippen LogP) is 18.1. The van der Waals surface area contributed by atoms with Gasteiger partial charge in [0.05, 0.1) is 33.8 Å². The molecular weight excluding hydrogens is 916 g/mol. The van der Waals surface area contributed by atoms with E-state index in [1.807, 2.05) is 33.3 Å². The van der Waals surface area contributed by atoms with Crippen molar-refractivity contribution >= 4 is 19.7 Å². The number of amides is 1. The number of phosphoric acid groups is 1. The molecule has 2 N–H and O–H groups in total. The fourth-order valence-corrected chi connectivity index (χ4v) is 9.01. The molecule has 0 aromatic heterocycles. The normalized spacial score (nSPS) is 14.3. The van der Waals surface area contributed by atoms with Gasteiger partial charge in [0.2, 0.25) is 5.91 Å². The first-order chi connectivity index (χ1) is 34.9. The van der Waals surface area contributed by atoms with Crippen molar-refractivity contribution in [3.05, 3.63) is 72.9 Å². The Morgan fingerprint density at radius 2 is 0.889 bits per heavy atom. The molecule has 0 aromatic rings. The highest BCUT2D eigenvalue weighted by Gasteiger charge is 2.30. The molecule has 0 radical (unpaired) electrons. The third kappa shape index (κ3) is 52.3. The Morgan fingerprint density at radius 1 is 0.500 bits per heavy atom. The standard InChI is InChI=1S/C62H113N2O7P/c1-7-10-13-16-19-22-25-27-29-30-31-32-33-34-35-36-39-42-45-48-51-54-61(65)63-59(58-70-72(67,68)69-57-56-64(4,5)6)60(53-50-47-44-41-38-24-21-18-15-12-9-3)71-62(66)55-52-49-46-43-40-37-28-26-23-20-17-14-11-8-2/h11,14,19-20,22-23,27,29,31-32,50,53,59-60H,7-10,12-13,15-18,21,24-26,28,30,33-49,51-52,54-58H2,1-6H3,(H-,63,65,67,68)/p+1/b14-11+,22-19-,23-20+,29-27-,32-31-,53-50-. The topological polar surface area (TPSA) is 111 Å².